The van der Waals surface area contributed by atoms with Crippen LogP contribution in [0.5, 0.6) is 0 Å². The second-order valence-electron chi connectivity index (χ2n) is 6.83. The zero-order chi connectivity index (χ0) is 19.8. The third-order valence-corrected chi connectivity index (χ3v) is 4.50. The summed E-state index contributed by atoms with van der Waals surface area (Å²) in [5, 5.41) is 4.69. The fraction of sp³-hybridized carbons (Fsp3) is 0.200. The summed E-state index contributed by atoms with van der Waals surface area (Å²) in [6.45, 7) is 4.10. The summed E-state index contributed by atoms with van der Waals surface area (Å²) in [7, 11) is 0. The molecule has 142 valence electrons. The number of imidazole rings is 2. The van der Waals surface area contributed by atoms with Gasteiger partial charge in [0.25, 0.3) is 0 Å². The third kappa shape index (κ3) is 3.13. The van der Waals surface area contributed by atoms with Crippen LogP contribution in [0.25, 0.3) is 28.3 Å². The van der Waals surface area contributed by atoms with Crippen molar-refractivity contribution in [3.05, 3.63) is 60.4 Å². The zero-order valence-corrected chi connectivity index (χ0v) is 15.5. The Morgan fingerprint density at radius 2 is 1.89 bits per heavy atom. The van der Waals surface area contributed by atoms with E-state index in [1.54, 1.807) is 29.2 Å². The van der Waals surface area contributed by atoms with Gasteiger partial charge in [0.15, 0.2) is 5.65 Å². The predicted octanol–water partition coefficient (Wildman–Crippen LogP) is 3.01. The SMILES string of the molecule is CC(C)n1cnc(-c2ccc(F)cc2)c1-c1ccc2ncc(CC(N)=O)n2n1. The number of primary amides is 1. The molecule has 0 saturated heterocycles. The van der Waals surface area contributed by atoms with E-state index in [2.05, 4.69) is 15.1 Å². The molecule has 0 spiro atoms. The number of benzene rings is 1. The van der Waals surface area contributed by atoms with Crippen molar-refractivity contribution in [2.24, 2.45) is 5.73 Å². The number of hydrogen-bond donors (Lipinski definition) is 1. The van der Waals surface area contributed by atoms with Crippen LogP contribution in [0.3, 0.4) is 0 Å². The molecule has 2 N–H and O–H groups in total. The normalized spacial score (nSPS) is 11.4. The lowest BCUT2D eigenvalue weighted by atomic mass is 10.1. The number of halogens is 1. The largest absolute Gasteiger partial charge is 0.369 e. The minimum Gasteiger partial charge on any atom is -0.369 e. The molecule has 0 aliphatic rings. The van der Waals surface area contributed by atoms with Crippen LogP contribution >= 0.6 is 0 Å². The van der Waals surface area contributed by atoms with Crippen LogP contribution in [0, 0.1) is 5.82 Å². The molecule has 7 nitrogen and oxygen atoms in total. The van der Waals surface area contributed by atoms with Crippen molar-refractivity contribution in [1.29, 1.82) is 0 Å². The maximum Gasteiger partial charge on any atom is 0.223 e. The van der Waals surface area contributed by atoms with Crippen molar-refractivity contribution in [3.63, 3.8) is 0 Å². The number of nitrogens with zero attached hydrogens (tertiary/aromatic N) is 5. The number of aromatic nitrogens is 5. The molecule has 0 radical (unpaired) electrons. The van der Waals surface area contributed by atoms with Crippen molar-refractivity contribution < 1.29 is 9.18 Å². The summed E-state index contributed by atoms with van der Waals surface area (Å²) in [6.07, 6.45) is 3.40. The lowest BCUT2D eigenvalue weighted by molar-refractivity contribution is -0.117. The van der Waals surface area contributed by atoms with Gasteiger partial charge in [0.2, 0.25) is 5.91 Å². The first-order valence-corrected chi connectivity index (χ1v) is 8.89. The van der Waals surface area contributed by atoms with Gasteiger partial charge in [-0.25, -0.2) is 18.9 Å². The van der Waals surface area contributed by atoms with Gasteiger partial charge in [0.05, 0.1) is 36.0 Å². The van der Waals surface area contributed by atoms with Crippen LogP contribution in [0.1, 0.15) is 25.6 Å². The number of amides is 1. The fourth-order valence-corrected chi connectivity index (χ4v) is 3.17. The molecular weight excluding hydrogens is 359 g/mol. The first-order valence-electron chi connectivity index (χ1n) is 8.89. The summed E-state index contributed by atoms with van der Waals surface area (Å²) >= 11 is 0. The first-order chi connectivity index (χ1) is 13.4. The van der Waals surface area contributed by atoms with Crippen molar-refractivity contribution in [1.82, 2.24) is 24.1 Å². The van der Waals surface area contributed by atoms with Gasteiger partial charge in [-0.1, -0.05) is 0 Å². The molecule has 28 heavy (non-hydrogen) atoms. The van der Waals surface area contributed by atoms with Crippen molar-refractivity contribution in [3.8, 4) is 22.6 Å². The summed E-state index contributed by atoms with van der Waals surface area (Å²) in [6, 6.07) is 10.0. The van der Waals surface area contributed by atoms with E-state index in [0.29, 0.717) is 22.7 Å². The standard InChI is InChI=1S/C20H19FN6O/c1-12(2)26-11-24-19(13-3-5-14(21)6-4-13)20(26)16-7-8-18-23-10-15(9-17(22)28)27(18)25-16/h3-8,10-12H,9H2,1-2H3,(H2,22,28). The van der Waals surface area contributed by atoms with Gasteiger partial charge in [0, 0.05) is 11.6 Å². The number of nitrogens with two attached hydrogens (primary N) is 1. The molecule has 0 atom stereocenters. The zero-order valence-electron chi connectivity index (χ0n) is 15.5. The van der Waals surface area contributed by atoms with Crippen LogP contribution in [0.4, 0.5) is 4.39 Å². The number of hydrogen-bond acceptors (Lipinski definition) is 4. The van der Waals surface area contributed by atoms with E-state index in [1.165, 1.54) is 12.1 Å². The molecule has 1 aromatic carbocycles. The Kier molecular flexibility index (Phi) is 4.38. The van der Waals surface area contributed by atoms with Gasteiger partial charge in [-0.2, -0.15) is 5.10 Å². The second kappa shape index (κ2) is 6.88. The molecule has 0 fully saturated rings. The fourth-order valence-electron chi connectivity index (χ4n) is 3.17. The molecule has 4 aromatic rings. The van der Waals surface area contributed by atoms with E-state index in [4.69, 9.17) is 5.73 Å². The van der Waals surface area contributed by atoms with Crippen molar-refractivity contribution in [2.75, 3.05) is 0 Å². The monoisotopic (exact) mass is 378 g/mol. The Morgan fingerprint density at radius 3 is 2.57 bits per heavy atom. The molecule has 8 heteroatoms. The van der Waals surface area contributed by atoms with Gasteiger partial charge < -0.3 is 10.3 Å². The van der Waals surface area contributed by atoms with E-state index in [0.717, 1.165) is 11.3 Å². The summed E-state index contributed by atoms with van der Waals surface area (Å²) in [5.41, 5.74) is 9.54. The number of carbonyl (C=O) groups excluding carboxylic acids is 1. The molecule has 4 rings (SSSR count). The Hall–Kier alpha value is -3.55. The first kappa shape index (κ1) is 17.8. The molecule has 0 unspecified atom stereocenters. The number of rotatable bonds is 5. The molecule has 0 bridgehead atoms. The van der Waals surface area contributed by atoms with E-state index < -0.39 is 5.91 Å². The summed E-state index contributed by atoms with van der Waals surface area (Å²) in [4.78, 5) is 20.2. The highest BCUT2D eigenvalue weighted by Crippen LogP contribution is 2.32. The van der Waals surface area contributed by atoms with Gasteiger partial charge in [-0.05, 0) is 50.2 Å². The van der Waals surface area contributed by atoms with E-state index >= 15 is 0 Å². The van der Waals surface area contributed by atoms with Crippen LogP contribution < -0.4 is 5.73 Å². The molecule has 3 heterocycles. The third-order valence-electron chi connectivity index (χ3n) is 4.50. The lowest BCUT2D eigenvalue weighted by Crippen LogP contribution is -2.15. The molecule has 0 aliphatic carbocycles. The highest BCUT2D eigenvalue weighted by atomic mass is 19.1. The lowest BCUT2D eigenvalue weighted by Gasteiger charge is -2.13. The maximum atomic E-state index is 13.4. The van der Waals surface area contributed by atoms with E-state index in [1.807, 2.05) is 30.5 Å². The Morgan fingerprint density at radius 1 is 1.14 bits per heavy atom. The summed E-state index contributed by atoms with van der Waals surface area (Å²) in [5.74, 6) is -0.754. The number of carbonyl (C=O) groups is 1. The number of fused-ring (bicyclic) bond motifs is 1. The second-order valence-corrected chi connectivity index (χ2v) is 6.83. The predicted molar refractivity (Wildman–Crippen MR) is 103 cm³/mol. The van der Waals surface area contributed by atoms with Crippen LogP contribution in [-0.4, -0.2) is 30.1 Å². The maximum absolute atomic E-state index is 13.4. The van der Waals surface area contributed by atoms with E-state index in [9.17, 15) is 9.18 Å². The molecule has 0 saturated carbocycles. The minimum absolute atomic E-state index is 0.0475. The summed E-state index contributed by atoms with van der Waals surface area (Å²) < 4.78 is 17.0. The van der Waals surface area contributed by atoms with Crippen LogP contribution in [0.15, 0.2) is 48.9 Å². The van der Waals surface area contributed by atoms with E-state index in [-0.39, 0.29) is 18.3 Å². The topological polar surface area (TPSA) is 91.1 Å². The van der Waals surface area contributed by atoms with Crippen LogP contribution in [0.2, 0.25) is 0 Å². The van der Waals surface area contributed by atoms with Gasteiger partial charge in [-0.3, -0.25) is 4.79 Å². The molecule has 3 aromatic heterocycles. The molecular formula is C20H19FN6O. The van der Waals surface area contributed by atoms with Gasteiger partial charge in [-0.15, -0.1) is 0 Å². The highest BCUT2D eigenvalue weighted by molar-refractivity contribution is 5.78. The van der Waals surface area contributed by atoms with Crippen molar-refractivity contribution >= 4 is 11.6 Å². The Balaban J connectivity index is 1.91. The molecule has 1 amide bonds. The van der Waals surface area contributed by atoms with Gasteiger partial charge in [0.1, 0.15) is 11.5 Å². The average molecular weight is 378 g/mol. The van der Waals surface area contributed by atoms with Crippen molar-refractivity contribution in [2.45, 2.75) is 26.3 Å². The Bertz CT molecular complexity index is 1160. The average Bonchev–Trinajstić information content (AvgIpc) is 3.26. The molecule has 0 aliphatic heterocycles. The smallest absolute Gasteiger partial charge is 0.223 e. The van der Waals surface area contributed by atoms with Crippen LogP contribution in [-0.2, 0) is 11.2 Å². The van der Waals surface area contributed by atoms with Gasteiger partial charge >= 0.3 is 0 Å². The highest BCUT2D eigenvalue weighted by Gasteiger charge is 2.19. The quantitative estimate of drug-likeness (QED) is 0.578. The Labute approximate surface area is 160 Å². The minimum atomic E-state index is -0.451.